The summed E-state index contributed by atoms with van der Waals surface area (Å²) < 4.78 is 5.55. The Morgan fingerprint density at radius 1 is 0.900 bits per heavy atom. The number of halogens is 1. The molecule has 3 heteroatoms. The third-order valence-electron chi connectivity index (χ3n) is 3.07. The summed E-state index contributed by atoms with van der Waals surface area (Å²) in [5.41, 5.74) is 2.22. The third-order valence-corrected chi connectivity index (χ3v) is 3.30. The van der Waals surface area contributed by atoms with Gasteiger partial charge in [-0.1, -0.05) is 41.9 Å². The van der Waals surface area contributed by atoms with Crippen LogP contribution in [0.3, 0.4) is 0 Å². The molecule has 3 aromatic rings. The highest BCUT2D eigenvalue weighted by molar-refractivity contribution is 6.30. The van der Waals surface area contributed by atoms with Gasteiger partial charge in [-0.05, 0) is 35.9 Å². The molecule has 0 atom stereocenters. The quantitative estimate of drug-likeness (QED) is 0.648. The molecule has 0 aliphatic heterocycles. The van der Waals surface area contributed by atoms with Crippen molar-refractivity contribution in [2.45, 2.75) is 6.54 Å². The summed E-state index contributed by atoms with van der Waals surface area (Å²) in [4.78, 5) is 2.12. The topological polar surface area (TPSA) is 16.4 Å². The predicted octanol–water partition coefficient (Wildman–Crippen LogP) is 5.27. The maximum atomic E-state index is 6.06. The Kier molecular flexibility index (Phi) is 3.75. The second-order valence-electron chi connectivity index (χ2n) is 4.50. The molecular weight excluding hydrogens is 270 g/mol. The molecule has 0 saturated heterocycles. The molecule has 0 unspecified atom stereocenters. The Bertz CT molecular complexity index is 664. The fourth-order valence-electron chi connectivity index (χ4n) is 2.15. The van der Waals surface area contributed by atoms with Crippen LogP contribution >= 0.6 is 11.6 Å². The van der Waals surface area contributed by atoms with E-state index in [2.05, 4.69) is 23.1 Å². The van der Waals surface area contributed by atoms with Crippen LogP contribution in [-0.2, 0) is 6.54 Å². The first kappa shape index (κ1) is 12.8. The number of hydrogen-bond acceptors (Lipinski definition) is 2. The Labute approximate surface area is 123 Å². The fourth-order valence-corrected chi connectivity index (χ4v) is 2.36. The first-order chi connectivity index (χ1) is 9.83. The van der Waals surface area contributed by atoms with Gasteiger partial charge in [0.25, 0.3) is 0 Å². The van der Waals surface area contributed by atoms with Crippen molar-refractivity contribution in [2.24, 2.45) is 0 Å². The summed E-state index contributed by atoms with van der Waals surface area (Å²) in [6.07, 6.45) is 1.68. The van der Waals surface area contributed by atoms with Gasteiger partial charge in [0.05, 0.1) is 12.8 Å². The van der Waals surface area contributed by atoms with Gasteiger partial charge in [-0.15, -0.1) is 0 Å². The van der Waals surface area contributed by atoms with E-state index in [0.29, 0.717) is 6.54 Å². The zero-order valence-corrected chi connectivity index (χ0v) is 11.6. The average molecular weight is 284 g/mol. The van der Waals surface area contributed by atoms with Crippen LogP contribution in [0.15, 0.2) is 77.4 Å². The minimum atomic E-state index is 0.706. The lowest BCUT2D eigenvalue weighted by Crippen LogP contribution is -2.15. The zero-order valence-electron chi connectivity index (χ0n) is 10.9. The van der Waals surface area contributed by atoms with E-state index in [-0.39, 0.29) is 0 Å². The molecule has 2 nitrogen and oxygen atoms in total. The highest BCUT2D eigenvalue weighted by Gasteiger charge is 2.12. The van der Waals surface area contributed by atoms with Crippen LogP contribution in [-0.4, -0.2) is 0 Å². The van der Waals surface area contributed by atoms with Crippen LogP contribution in [0.25, 0.3) is 0 Å². The molecule has 2 aromatic carbocycles. The van der Waals surface area contributed by atoms with Crippen molar-refractivity contribution in [3.63, 3.8) is 0 Å². The predicted molar refractivity (Wildman–Crippen MR) is 82.4 cm³/mol. The van der Waals surface area contributed by atoms with Crippen molar-refractivity contribution in [1.82, 2.24) is 0 Å². The normalized spacial score (nSPS) is 10.4. The largest absolute Gasteiger partial charge is 0.448 e. The second kappa shape index (κ2) is 5.85. The summed E-state index contributed by atoms with van der Waals surface area (Å²) >= 11 is 6.06. The highest BCUT2D eigenvalue weighted by Crippen LogP contribution is 2.28. The monoisotopic (exact) mass is 283 g/mol. The van der Waals surface area contributed by atoms with Gasteiger partial charge in [-0.25, -0.2) is 0 Å². The Morgan fingerprint density at radius 3 is 2.45 bits per heavy atom. The summed E-state index contributed by atoms with van der Waals surface area (Å²) in [5, 5.41) is 0.745. The molecule has 100 valence electrons. The minimum absolute atomic E-state index is 0.706. The number of nitrogens with zero attached hydrogens (tertiary/aromatic N) is 1. The third kappa shape index (κ3) is 2.86. The molecule has 0 spiro atoms. The molecule has 0 saturated carbocycles. The molecule has 0 aliphatic rings. The van der Waals surface area contributed by atoms with Gasteiger partial charge < -0.3 is 9.32 Å². The van der Waals surface area contributed by atoms with E-state index in [1.165, 1.54) is 0 Å². The van der Waals surface area contributed by atoms with Gasteiger partial charge >= 0.3 is 0 Å². The number of hydrogen-bond donors (Lipinski definition) is 0. The van der Waals surface area contributed by atoms with Gasteiger partial charge in [0.15, 0.2) is 5.88 Å². The minimum Gasteiger partial charge on any atom is -0.448 e. The lowest BCUT2D eigenvalue weighted by Gasteiger charge is -2.22. The first-order valence-corrected chi connectivity index (χ1v) is 6.81. The number of rotatable bonds is 4. The van der Waals surface area contributed by atoms with Crippen LogP contribution in [0.5, 0.6) is 0 Å². The number of anilines is 2. The molecule has 20 heavy (non-hydrogen) atoms. The van der Waals surface area contributed by atoms with E-state index < -0.39 is 0 Å². The fraction of sp³-hybridized carbons (Fsp3) is 0.0588. The van der Waals surface area contributed by atoms with Crippen LogP contribution in [0, 0.1) is 0 Å². The summed E-state index contributed by atoms with van der Waals surface area (Å²) in [6, 6.07) is 21.9. The van der Waals surface area contributed by atoms with Gasteiger partial charge in [0.1, 0.15) is 0 Å². The summed E-state index contributed by atoms with van der Waals surface area (Å²) in [6.45, 7) is 0.706. The van der Waals surface area contributed by atoms with E-state index >= 15 is 0 Å². The number of furan rings is 1. The van der Waals surface area contributed by atoms with Crippen LogP contribution in [0.2, 0.25) is 5.02 Å². The van der Waals surface area contributed by atoms with Crippen molar-refractivity contribution < 1.29 is 4.42 Å². The Hall–Kier alpha value is -2.19. The smallest absolute Gasteiger partial charge is 0.199 e. The van der Waals surface area contributed by atoms with Crippen molar-refractivity contribution in [2.75, 3.05) is 4.90 Å². The van der Waals surface area contributed by atoms with Crippen molar-refractivity contribution >= 4 is 23.2 Å². The number of para-hydroxylation sites is 1. The second-order valence-corrected chi connectivity index (χ2v) is 4.94. The molecule has 0 radical (unpaired) electrons. The summed E-state index contributed by atoms with van der Waals surface area (Å²) in [5.74, 6) is 0.816. The van der Waals surface area contributed by atoms with E-state index in [4.69, 9.17) is 16.0 Å². The average Bonchev–Trinajstić information content (AvgIpc) is 3.00. The number of benzene rings is 2. The van der Waals surface area contributed by atoms with E-state index in [0.717, 1.165) is 22.2 Å². The molecule has 0 fully saturated rings. The van der Waals surface area contributed by atoms with Gasteiger partial charge in [0.2, 0.25) is 0 Å². The Morgan fingerprint density at radius 2 is 1.75 bits per heavy atom. The lowest BCUT2D eigenvalue weighted by molar-refractivity contribution is 0.561. The Balaban J connectivity index is 1.95. The molecule has 0 bridgehead atoms. The molecule has 1 heterocycles. The highest BCUT2D eigenvalue weighted by atomic mass is 35.5. The van der Waals surface area contributed by atoms with E-state index in [1.807, 2.05) is 48.5 Å². The zero-order chi connectivity index (χ0) is 13.8. The van der Waals surface area contributed by atoms with Crippen LogP contribution in [0.1, 0.15) is 5.56 Å². The van der Waals surface area contributed by atoms with Crippen molar-refractivity contribution in [3.8, 4) is 0 Å². The van der Waals surface area contributed by atoms with Crippen molar-refractivity contribution in [1.29, 1.82) is 0 Å². The van der Waals surface area contributed by atoms with Crippen molar-refractivity contribution in [3.05, 3.63) is 83.6 Å². The lowest BCUT2D eigenvalue weighted by atomic mass is 10.2. The maximum absolute atomic E-state index is 6.06. The molecule has 1 aromatic heterocycles. The molecule has 0 N–H and O–H groups in total. The standard InChI is InChI=1S/C17H14ClNO/c18-15-7-4-6-14(12-15)13-19(17-10-5-11-20-17)16-8-2-1-3-9-16/h1-12H,13H2. The van der Waals surface area contributed by atoms with E-state index in [1.54, 1.807) is 6.26 Å². The summed E-state index contributed by atoms with van der Waals surface area (Å²) in [7, 11) is 0. The molecule has 0 amide bonds. The molecular formula is C17H14ClNO. The molecule has 0 aliphatic carbocycles. The molecule has 3 rings (SSSR count). The first-order valence-electron chi connectivity index (χ1n) is 6.43. The van der Waals surface area contributed by atoms with E-state index in [9.17, 15) is 0 Å². The van der Waals surface area contributed by atoms with Gasteiger partial charge in [-0.2, -0.15) is 0 Å². The van der Waals surface area contributed by atoms with Crippen LogP contribution < -0.4 is 4.90 Å². The van der Waals surface area contributed by atoms with Crippen LogP contribution in [0.4, 0.5) is 11.6 Å². The van der Waals surface area contributed by atoms with Gasteiger partial charge in [-0.3, -0.25) is 0 Å². The maximum Gasteiger partial charge on any atom is 0.199 e. The SMILES string of the molecule is Clc1cccc(CN(c2ccccc2)c2ccco2)c1. The van der Waals surface area contributed by atoms with Gasteiger partial charge in [0, 0.05) is 16.8 Å².